The third-order valence-electron chi connectivity index (χ3n) is 20.6. The minimum absolute atomic E-state index is 0.0744. The SMILES string of the molecule is CC(C)[Si](OC1CCC(N2CC[C@@H](Cc3c(Cl)cc(-c4ccc(C(=O)N5CCC(C(F)(F)F)CC5)cc4)cc3Cl)C2=O)CC1)(C(C)C)C(C)C.O=C(c1ccc(-c2cc(Cl)c(C[C@@H]3CCN(C4CCC(O)CC4)C3=O)c(Cl)c2)cc1)N1CCC(C(F)(F)F)CC1. The molecule has 4 saturated heterocycles. The smallest absolute Gasteiger partial charge is 0.391 e. The second-order valence-electron chi connectivity index (χ2n) is 27.0. The molecule has 10 rings (SSSR count). The second kappa shape index (κ2) is 29.5. The molecule has 0 bridgehead atoms. The van der Waals surface area contributed by atoms with Gasteiger partial charge in [0, 0.05) is 101 Å². The van der Waals surface area contributed by atoms with E-state index in [2.05, 4.69) is 46.4 Å². The average Bonchev–Trinajstić information content (AvgIpc) is 1.68. The number of aliphatic hydroxyl groups excluding tert-OH is 1. The highest BCUT2D eigenvalue weighted by Gasteiger charge is 2.48. The van der Waals surface area contributed by atoms with Crippen molar-refractivity contribution in [3.8, 4) is 22.3 Å². The number of piperidine rings is 2. The zero-order chi connectivity index (χ0) is 65.1. The molecule has 4 heterocycles. The van der Waals surface area contributed by atoms with E-state index in [1.807, 2.05) is 17.0 Å². The number of aliphatic hydroxyl groups is 1. The predicted octanol–water partition coefficient (Wildman–Crippen LogP) is 17.7. The number of hydrogen-bond acceptors (Lipinski definition) is 6. The monoisotopic (exact) mass is 1350 g/mol. The van der Waals surface area contributed by atoms with Gasteiger partial charge in [-0.15, -0.1) is 0 Å². The topological polar surface area (TPSA) is 111 Å². The molecule has 1 N–H and O–H groups in total. The Morgan fingerprint density at radius 1 is 0.489 bits per heavy atom. The van der Waals surface area contributed by atoms with Crippen LogP contribution in [-0.4, -0.2) is 133 Å². The van der Waals surface area contributed by atoms with Crippen LogP contribution in [0.15, 0.2) is 72.8 Å². The van der Waals surface area contributed by atoms with Crippen LogP contribution < -0.4 is 0 Å². The van der Waals surface area contributed by atoms with Crippen LogP contribution in [0.5, 0.6) is 0 Å². The lowest BCUT2D eigenvalue weighted by atomic mass is 9.92. The Labute approximate surface area is 547 Å². The van der Waals surface area contributed by atoms with Crippen molar-refractivity contribution in [2.45, 2.75) is 198 Å². The largest absolute Gasteiger partial charge is 0.413 e. The van der Waals surface area contributed by atoms with E-state index in [0.717, 1.165) is 104 Å². The number of benzene rings is 4. The predicted molar refractivity (Wildman–Crippen MR) is 347 cm³/mol. The third kappa shape index (κ3) is 16.1. The Balaban J connectivity index is 0.000000219. The van der Waals surface area contributed by atoms with Gasteiger partial charge >= 0.3 is 12.4 Å². The normalized spacial score (nSPS) is 23.6. The van der Waals surface area contributed by atoms with Gasteiger partial charge in [0.2, 0.25) is 20.1 Å². The number of amides is 4. The zero-order valence-electron chi connectivity index (χ0n) is 52.4. The molecule has 2 atom stereocenters. The van der Waals surface area contributed by atoms with Crippen LogP contribution in [0.2, 0.25) is 36.7 Å². The first-order valence-electron chi connectivity index (χ1n) is 32.4. The molecule has 2 saturated carbocycles. The van der Waals surface area contributed by atoms with E-state index in [1.165, 1.54) is 9.80 Å². The minimum Gasteiger partial charge on any atom is -0.413 e. The fourth-order valence-corrected chi connectivity index (χ4v) is 22.3. The number of hydrogen-bond donors (Lipinski definition) is 1. The lowest BCUT2D eigenvalue weighted by molar-refractivity contribution is -0.184. The number of carbonyl (C=O) groups excluding carboxylic acids is 4. The summed E-state index contributed by atoms with van der Waals surface area (Å²) >= 11 is 26.9. The lowest BCUT2D eigenvalue weighted by Gasteiger charge is -2.46. The highest BCUT2D eigenvalue weighted by Crippen LogP contribution is 2.46. The molecule has 4 aromatic rings. The standard InChI is InChI=1S/C39H53Cl2F3N2O3Si.C30H33Cl2F3N2O3/c1-24(2)50(25(3)4,26(5)6)49-33-13-11-32(12-14-33)46-20-15-29(38(46)48)21-34-35(40)22-30(23-36(34)41)27-7-9-28(10-8-27)37(47)45-18-16-31(17-19-45)39(42,43)44;31-26-16-21(18-1-3-19(4-2-18)28(39)36-12-10-22(11-13-36)30(33,34)35)17-27(32)25(26)15-20-9-14-37(29(20)40)23-5-7-24(38)8-6-23/h7-10,22-26,29,31-33H,11-21H2,1-6H3;1-4,16-17,20,22-24,38H,5-15H2/t29-,32?,33?;20-,23?,24?/m00/s1. The van der Waals surface area contributed by atoms with Crippen LogP contribution in [0.3, 0.4) is 0 Å². The highest BCUT2D eigenvalue weighted by atomic mass is 35.5. The van der Waals surface area contributed by atoms with Gasteiger partial charge in [-0.2, -0.15) is 26.3 Å². The summed E-state index contributed by atoms with van der Waals surface area (Å²) in [6, 6.07) is 21.6. The molecule has 4 aliphatic heterocycles. The molecule has 10 nitrogen and oxygen atoms in total. The van der Waals surface area contributed by atoms with Crippen LogP contribution in [0.4, 0.5) is 26.3 Å². The molecular formula is C69H86Cl4F6N4O6Si. The molecule has 4 aromatic carbocycles. The summed E-state index contributed by atoms with van der Waals surface area (Å²) in [7, 11) is -1.94. The van der Waals surface area contributed by atoms with Crippen LogP contribution in [-0.2, 0) is 26.9 Å². The van der Waals surface area contributed by atoms with E-state index >= 15 is 0 Å². The first kappa shape index (κ1) is 70.0. The Bertz CT molecular complexity index is 3090. The summed E-state index contributed by atoms with van der Waals surface area (Å²) in [5, 5.41) is 11.7. The quantitative estimate of drug-likeness (QED) is 0.0938. The first-order chi connectivity index (χ1) is 42.5. The van der Waals surface area contributed by atoms with E-state index in [4.69, 9.17) is 50.8 Å². The van der Waals surface area contributed by atoms with Crippen molar-refractivity contribution in [1.82, 2.24) is 19.6 Å². The first-order valence-corrected chi connectivity index (χ1v) is 36.0. The van der Waals surface area contributed by atoms with Crippen LogP contribution in [0, 0.1) is 23.7 Å². The van der Waals surface area contributed by atoms with Crippen molar-refractivity contribution in [1.29, 1.82) is 0 Å². The van der Waals surface area contributed by atoms with Crippen molar-refractivity contribution in [3.05, 3.63) is 115 Å². The molecule has 6 aliphatic rings. The molecule has 492 valence electrons. The van der Waals surface area contributed by atoms with E-state index in [0.29, 0.717) is 67.2 Å². The fraction of sp³-hybridized carbons (Fsp3) is 0.594. The minimum atomic E-state index is -4.22. The molecule has 4 amide bonds. The molecule has 0 spiro atoms. The molecule has 0 unspecified atom stereocenters. The number of nitrogens with zero attached hydrogens (tertiary/aromatic N) is 4. The summed E-state index contributed by atoms with van der Waals surface area (Å²) in [5.74, 6) is -3.30. The van der Waals surface area contributed by atoms with Gasteiger partial charge in [-0.1, -0.05) is 112 Å². The van der Waals surface area contributed by atoms with E-state index in [9.17, 15) is 50.6 Å². The summed E-state index contributed by atoms with van der Waals surface area (Å²) in [5.41, 5.74) is 7.16. The molecule has 0 radical (unpaired) electrons. The van der Waals surface area contributed by atoms with Crippen molar-refractivity contribution in [3.63, 3.8) is 0 Å². The number of rotatable bonds is 15. The second-order valence-corrected chi connectivity index (χ2v) is 34.0. The van der Waals surface area contributed by atoms with E-state index in [1.54, 1.807) is 60.7 Å². The van der Waals surface area contributed by atoms with Gasteiger partial charge < -0.3 is 29.1 Å². The number of halogens is 10. The van der Waals surface area contributed by atoms with Crippen molar-refractivity contribution >= 4 is 78.3 Å². The van der Waals surface area contributed by atoms with E-state index in [-0.39, 0.29) is 112 Å². The van der Waals surface area contributed by atoms with Crippen LogP contribution in [0.25, 0.3) is 22.3 Å². The maximum atomic E-state index is 13.7. The Kier molecular flexibility index (Phi) is 22.9. The van der Waals surface area contributed by atoms with E-state index < -0.39 is 32.5 Å². The molecule has 2 aliphatic carbocycles. The van der Waals surface area contributed by atoms with Gasteiger partial charge in [-0.05, 0) is 201 Å². The molecule has 6 fully saturated rings. The molecular weight excluding hydrogens is 1260 g/mol. The molecule has 90 heavy (non-hydrogen) atoms. The van der Waals surface area contributed by atoms with Crippen LogP contribution in [0.1, 0.15) is 163 Å². The average molecular weight is 1350 g/mol. The van der Waals surface area contributed by atoms with Crippen LogP contribution >= 0.6 is 46.4 Å². The highest BCUT2D eigenvalue weighted by molar-refractivity contribution is 6.77. The van der Waals surface area contributed by atoms with Crippen molar-refractivity contribution in [2.75, 3.05) is 39.3 Å². The summed E-state index contributed by atoms with van der Waals surface area (Å²) in [6.45, 7) is 15.8. The maximum Gasteiger partial charge on any atom is 0.391 e. The van der Waals surface area contributed by atoms with Gasteiger partial charge in [0.15, 0.2) is 0 Å². The summed E-state index contributed by atoms with van der Waals surface area (Å²) in [4.78, 5) is 59.7. The third-order valence-corrected chi connectivity index (χ3v) is 28.1. The number of alkyl halides is 6. The Morgan fingerprint density at radius 2 is 0.811 bits per heavy atom. The van der Waals surface area contributed by atoms with Gasteiger partial charge in [0.25, 0.3) is 11.8 Å². The number of carbonyl (C=O) groups is 4. The lowest BCUT2D eigenvalue weighted by Crippen LogP contribution is -2.51. The molecule has 0 aromatic heterocycles. The van der Waals surface area contributed by atoms with Crippen molar-refractivity contribution in [2.24, 2.45) is 23.7 Å². The zero-order valence-corrected chi connectivity index (χ0v) is 56.4. The molecule has 21 heteroatoms. The fourth-order valence-electron chi connectivity index (χ4n) is 15.4. The van der Waals surface area contributed by atoms with Gasteiger partial charge in [0.05, 0.1) is 17.9 Å². The van der Waals surface area contributed by atoms with Crippen molar-refractivity contribution < 1.29 is 55.1 Å². The number of likely N-dealkylation sites (tertiary alicyclic amines) is 4. The van der Waals surface area contributed by atoms with Gasteiger partial charge in [-0.25, -0.2) is 0 Å². The summed E-state index contributed by atoms with van der Waals surface area (Å²) in [6.07, 6.45) is 0.781. The Morgan fingerprint density at radius 3 is 1.12 bits per heavy atom. The maximum absolute atomic E-state index is 13.7. The summed E-state index contributed by atoms with van der Waals surface area (Å²) < 4.78 is 85.1. The van der Waals surface area contributed by atoms with Gasteiger partial charge in [-0.3, -0.25) is 19.2 Å². The Hall–Kier alpha value is -4.36. The van der Waals surface area contributed by atoms with Gasteiger partial charge in [0.1, 0.15) is 0 Å².